The van der Waals surface area contributed by atoms with Crippen molar-refractivity contribution in [3.63, 3.8) is 0 Å². The monoisotopic (exact) mass is 329 g/mol. The maximum absolute atomic E-state index is 13.2. The van der Waals surface area contributed by atoms with Crippen LogP contribution in [-0.4, -0.2) is 25.4 Å². The third-order valence-electron chi connectivity index (χ3n) is 3.56. The first-order valence-corrected chi connectivity index (χ1v) is 7.57. The van der Waals surface area contributed by atoms with E-state index in [1.165, 1.54) is 13.1 Å². The molecule has 1 atom stereocenters. The molecule has 1 unspecified atom stereocenters. The van der Waals surface area contributed by atoms with Crippen molar-refractivity contribution in [1.82, 2.24) is 10.6 Å². The molecule has 0 saturated heterocycles. The van der Waals surface area contributed by atoms with Crippen LogP contribution in [0.1, 0.15) is 17.2 Å². The Balaban J connectivity index is 2.00. The highest BCUT2D eigenvalue weighted by molar-refractivity contribution is 5.89. The Morgan fingerprint density at radius 1 is 1.12 bits per heavy atom. The van der Waals surface area contributed by atoms with Crippen molar-refractivity contribution >= 4 is 17.5 Å². The van der Waals surface area contributed by atoms with Gasteiger partial charge in [-0.1, -0.05) is 30.3 Å². The lowest BCUT2D eigenvalue weighted by atomic mass is 10.1. The van der Waals surface area contributed by atoms with Gasteiger partial charge in [-0.25, -0.2) is 4.39 Å². The first kappa shape index (κ1) is 17.5. The van der Waals surface area contributed by atoms with E-state index in [0.29, 0.717) is 16.8 Å². The zero-order chi connectivity index (χ0) is 17.5. The number of likely N-dealkylation sites (N-methyl/N-ethyl adjacent to an activating group) is 1. The quantitative estimate of drug-likeness (QED) is 0.760. The summed E-state index contributed by atoms with van der Waals surface area (Å²) in [6.45, 7) is 1.63. The van der Waals surface area contributed by atoms with Crippen LogP contribution >= 0.6 is 0 Å². The number of amides is 2. The Kier molecular flexibility index (Phi) is 5.89. The fraction of sp³-hybridized carbons (Fsp3) is 0.222. The molecule has 126 valence electrons. The summed E-state index contributed by atoms with van der Waals surface area (Å²) in [6, 6.07) is 12.7. The standard InChI is InChI=1S/C18H20FN3O2/c1-12-10-14(8-9-15(12)19)21-11-16(23)22-17(18(24)20-2)13-6-4-3-5-7-13/h3-10,17,21H,11H2,1-2H3,(H,20,24)(H,22,23). The van der Waals surface area contributed by atoms with Gasteiger partial charge in [0.2, 0.25) is 11.8 Å². The topological polar surface area (TPSA) is 70.2 Å². The zero-order valence-corrected chi connectivity index (χ0v) is 13.6. The van der Waals surface area contributed by atoms with E-state index >= 15 is 0 Å². The Morgan fingerprint density at radius 3 is 2.46 bits per heavy atom. The minimum absolute atomic E-state index is 0.0224. The number of carbonyl (C=O) groups is 2. The lowest BCUT2D eigenvalue weighted by molar-refractivity contribution is -0.128. The van der Waals surface area contributed by atoms with Gasteiger partial charge in [0.15, 0.2) is 0 Å². The summed E-state index contributed by atoms with van der Waals surface area (Å²) in [5.74, 6) is -0.935. The minimum atomic E-state index is -0.763. The zero-order valence-electron chi connectivity index (χ0n) is 13.6. The van der Waals surface area contributed by atoms with Gasteiger partial charge in [0.25, 0.3) is 0 Å². The highest BCUT2D eigenvalue weighted by Gasteiger charge is 2.21. The third kappa shape index (κ3) is 4.55. The molecule has 2 aromatic rings. The number of benzene rings is 2. The van der Waals surface area contributed by atoms with Crippen molar-refractivity contribution in [1.29, 1.82) is 0 Å². The number of halogens is 1. The smallest absolute Gasteiger partial charge is 0.246 e. The van der Waals surface area contributed by atoms with E-state index in [1.54, 1.807) is 43.3 Å². The molecular weight excluding hydrogens is 309 g/mol. The fourth-order valence-corrected chi connectivity index (χ4v) is 2.24. The first-order chi connectivity index (χ1) is 11.5. The van der Waals surface area contributed by atoms with Crippen molar-refractivity contribution in [2.75, 3.05) is 18.9 Å². The van der Waals surface area contributed by atoms with Crippen LogP contribution in [0.4, 0.5) is 10.1 Å². The van der Waals surface area contributed by atoms with Crippen LogP contribution in [0.5, 0.6) is 0 Å². The summed E-state index contributed by atoms with van der Waals surface area (Å²) in [5.41, 5.74) is 1.83. The highest BCUT2D eigenvalue weighted by Crippen LogP contribution is 2.14. The van der Waals surface area contributed by atoms with Crippen molar-refractivity contribution < 1.29 is 14.0 Å². The molecule has 0 bridgehead atoms. The van der Waals surface area contributed by atoms with Crippen molar-refractivity contribution in [2.45, 2.75) is 13.0 Å². The van der Waals surface area contributed by atoms with E-state index < -0.39 is 6.04 Å². The van der Waals surface area contributed by atoms with E-state index in [-0.39, 0.29) is 24.2 Å². The summed E-state index contributed by atoms with van der Waals surface area (Å²) in [7, 11) is 1.52. The molecular formula is C18H20FN3O2. The minimum Gasteiger partial charge on any atom is -0.376 e. The summed E-state index contributed by atoms with van der Waals surface area (Å²) in [6.07, 6.45) is 0. The number of nitrogens with one attached hydrogen (secondary N) is 3. The molecule has 6 heteroatoms. The molecule has 24 heavy (non-hydrogen) atoms. The molecule has 0 aliphatic heterocycles. The molecule has 3 N–H and O–H groups in total. The fourth-order valence-electron chi connectivity index (χ4n) is 2.24. The summed E-state index contributed by atoms with van der Waals surface area (Å²) >= 11 is 0. The second-order valence-electron chi connectivity index (χ2n) is 5.34. The summed E-state index contributed by atoms with van der Waals surface area (Å²) in [4.78, 5) is 24.2. The van der Waals surface area contributed by atoms with Gasteiger partial charge in [-0.3, -0.25) is 9.59 Å². The predicted molar refractivity (Wildman–Crippen MR) is 91.0 cm³/mol. The largest absolute Gasteiger partial charge is 0.376 e. The van der Waals surface area contributed by atoms with E-state index in [9.17, 15) is 14.0 Å². The highest BCUT2D eigenvalue weighted by atomic mass is 19.1. The molecule has 0 aliphatic carbocycles. The van der Waals surface area contributed by atoms with Gasteiger partial charge in [0, 0.05) is 12.7 Å². The van der Waals surface area contributed by atoms with E-state index in [0.717, 1.165) is 0 Å². The number of anilines is 1. The number of hydrogen-bond acceptors (Lipinski definition) is 3. The van der Waals surface area contributed by atoms with Crippen LogP contribution in [0.15, 0.2) is 48.5 Å². The number of aryl methyl sites for hydroxylation is 1. The van der Waals surface area contributed by atoms with Crippen molar-refractivity contribution in [3.05, 3.63) is 65.5 Å². The maximum Gasteiger partial charge on any atom is 0.246 e. The predicted octanol–water partition coefficient (Wildman–Crippen LogP) is 2.15. The maximum atomic E-state index is 13.2. The molecule has 0 heterocycles. The van der Waals surface area contributed by atoms with Crippen molar-refractivity contribution in [2.24, 2.45) is 0 Å². The molecule has 5 nitrogen and oxygen atoms in total. The van der Waals surface area contributed by atoms with Gasteiger partial charge in [-0.2, -0.15) is 0 Å². The van der Waals surface area contributed by atoms with Gasteiger partial charge in [0.1, 0.15) is 11.9 Å². The van der Waals surface area contributed by atoms with Crippen LogP contribution in [0, 0.1) is 12.7 Å². The average molecular weight is 329 g/mol. The number of carbonyl (C=O) groups excluding carboxylic acids is 2. The molecule has 2 rings (SSSR count). The molecule has 0 radical (unpaired) electrons. The second kappa shape index (κ2) is 8.10. The van der Waals surface area contributed by atoms with E-state index in [2.05, 4.69) is 16.0 Å². The van der Waals surface area contributed by atoms with Gasteiger partial charge < -0.3 is 16.0 Å². The van der Waals surface area contributed by atoms with Crippen LogP contribution in [-0.2, 0) is 9.59 Å². The van der Waals surface area contributed by atoms with E-state index in [4.69, 9.17) is 0 Å². The van der Waals surface area contributed by atoms with E-state index in [1.807, 2.05) is 6.07 Å². The molecule has 0 fully saturated rings. The summed E-state index contributed by atoms with van der Waals surface area (Å²) < 4.78 is 13.2. The Morgan fingerprint density at radius 2 is 1.83 bits per heavy atom. The molecule has 2 aromatic carbocycles. The van der Waals surface area contributed by atoms with Gasteiger partial charge >= 0.3 is 0 Å². The first-order valence-electron chi connectivity index (χ1n) is 7.57. The molecule has 2 amide bonds. The Labute approximate surface area is 140 Å². The van der Waals surface area contributed by atoms with Crippen LogP contribution in [0.25, 0.3) is 0 Å². The third-order valence-corrected chi connectivity index (χ3v) is 3.56. The van der Waals surface area contributed by atoms with Crippen LogP contribution in [0.2, 0.25) is 0 Å². The van der Waals surface area contributed by atoms with Gasteiger partial charge in [-0.05, 0) is 36.2 Å². The molecule has 0 saturated carbocycles. The lowest BCUT2D eigenvalue weighted by Gasteiger charge is -2.18. The number of rotatable bonds is 6. The van der Waals surface area contributed by atoms with Crippen LogP contribution in [0.3, 0.4) is 0 Å². The van der Waals surface area contributed by atoms with Crippen molar-refractivity contribution in [3.8, 4) is 0 Å². The summed E-state index contributed by atoms with van der Waals surface area (Å²) in [5, 5.41) is 8.15. The number of hydrogen-bond donors (Lipinski definition) is 3. The Bertz CT molecular complexity index is 719. The molecule has 0 aromatic heterocycles. The lowest BCUT2D eigenvalue weighted by Crippen LogP contribution is -2.41. The normalized spacial score (nSPS) is 11.5. The van der Waals surface area contributed by atoms with Crippen LogP contribution < -0.4 is 16.0 Å². The average Bonchev–Trinajstić information content (AvgIpc) is 2.60. The molecule has 0 spiro atoms. The van der Waals surface area contributed by atoms with Gasteiger partial charge in [-0.15, -0.1) is 0 Å². The second-order valence-corrected chi connectivity index (χ2v) is 5.34. The SMILES string of the molecule is CNC(=O)C(NC(=O)CNc1ccc(F)c(C)c1)c1ccccc1. The Hall–Kier alpha value is -2.89. The van der Waals surface area contributed by atoms with Gasteiger partial charge in [0.05, 0.1) is 6.54 Å². The molecule has 0 aliphatic rings.